The fourth-order valence-electron chi connectivity index (χ4n) is 4.35. The molecule has 2 aromatic carbocycles. The lowest BCUT2D eigenvalue weighted by Crippen LogP contribution is -2.10. The summed E-state index contributed by atoms with van der Waals surface area (Å²) in [5.74, 6) is 4.55. The van der Waals surface area contributed by atoms with Crippen LogP contribution in [0.5, 0.6) is 34.5 Å². The van der Waals surface area contributed by atoms with Crippen molar-refractivity contribution in [2.45, 2.75) is 26.1 Å². The van der Waals surface area contributed by atoms with Crippen molar-refractivity contribution in [1.82, 2.24) is 0 Å². The molecule has 2 aromatic rings. The molecule has 7 heteroatoms. The van der Waals surface area contributed by atoms with Crippen LogP contribution < -0.4 is 28.4 Å². The Bertz CT molecular complexity index is 866. The highest BCUT2D eigenvalue weighted by Crippen LogP contribution is 2.54. The average Bonchev–Trinajstić information content (AvgIpc) is 3.46. The molecule has 0 N–H and O–H groups in total. The molecule has 0 aromatic heterocycles. The number of hydrogen-bond acceptors (Lipinski definition) is 7. The highest BCUT2D eigenvalue weighted by molar-refractivity contribution is 5.57. The Hall–Kier alpha value is -2.80. The largest absolute Gasteiger partial charge is 0.493 e. The lowest BCUT2D eigenvalue weighted by atomic mass is 9.85. The van der Waals surface area contributed by atoms with Crippen molar-refractivity contribution in [3.8, 4) is 34.5 Å². The molecule has 154 valence electrons. The molecule has 4 atom stereocenters. The van der Waals surface area contributed by atoms with E-state index in [2.05, 4.69) is 13.8 Å². The zero-order chi connectivity index (χ0) is 20.1. The lowest BCUT2D eigenvalue weighted by molar-refractivity contribution is 0.0286. The molecule has 3 aliphatic rings. The maximum Gasteiger partial charge on any atom is 0.231 e. The third-order valence-corrected chi connectivity index (χ3v) is 6.10. The van der Waals surface area contributed by atoms with E-state index in [-0.39, 0.29) is 37.6 Å². The zero-order valence-corrected chi connectivity index (χ0v) is 16.9. The van der Waals surface area contributed by atoms with Crippen LogP contribution >= 0.6 is 0 Å². The second-order valence-electron chi connectivity index (χ2n) is 7.61. The van der Waals surface area contributed by atoms with E-state index in [1.165, 1.54) is 0 Å². The van der Waals surface area contributed by atoms with E-state index in [1.54, 1.807) is 14.2 Å². The van der Waals surface area contributed by atoms with Crippen molar-refractivity contribution in [2.24, 2.45) is 11.8 Å². The molecule has 3 heterocycles. The van der Waals surface area contributed by atoms with E-state index in [9.17, 15) is 0 Å². The molecule has 0 saturated carbocycles. The Labute approximate surface area is 169 Å². The van der Waals surface area contributed by atoms with Crippen LogP contribution in [-0.4, -0.2) is 27.8 Å². The zero-order valence-electron chi connectivity index (χ0n) is 16.9. The van der Waals surface area contributed by atoms with E-state index in [0.717, 1.165) is 11.1 Å². The first-order valence-corrected chi connectivity index (χ1v) is 9.71. The second kappa shape index (κ2) is 6.91. The summed E-state index contributed by atoms with van der Waals surface area (Å²) in [4.78, 5) is 0. The van der Waals surface area contributed by atoms with E-state index < -0.39 is 0 Å². The Kier molecular flexibility index (Phi) is 4.35. The molecular weight excluding hydrogens is 376 g/mol. The van der Waals surface area contributed by atoms with Gasteiger partial charge in [0, 0.05) is 0 Å². The molecule has 0 aliphatic carbocycles. The molecule has 0 bridgehead atoms. The topological polar surface area (TPSA) is 64.6 Å². The van der Waals surface area contributed by atoms with Gasteiger partial charge in [-0.3, -0.25) is 0 Å². The van der Waals surface area contributed by atoms with Crippen LogP contribution in [0.3, 0.4) is 0 Å². The van der Waals surface area contributed by atoms with Crippen LogP contribution in [-0.2, 0) is 4.74 Å². The van der Waals surface area contributed by atoms with Crippen LogP contribution in [0.2, 0.25) is 0 Å². The highest BCUT2D eigenvalue weighted by Gasteiger charge is 2.42. The minimum Gasteiger partial charge on any atom is -0.493 e. The molecule has 1 fully saturated rings. The van der Waals surface area contributed by atoms with E-state index in [4.69, 9.17) is 33.2 Å². The molecule has 3 aliphatic heterocycles. The number of fused-ring (bicyclic) bond motifs is 2. The van der Waals surface area contributed by atoms with E-state index in [0.29, 0.717) is 34.5 Å². The van der Waals surface area contributed by atoms with Crippen LogP contribution in [0.4, 0.5) is 0 Å². The lowest BCUT2D eigenvalue weighted by Gasteiger charge is -2.18. The second-order valence-corrected chi connectivity index (χ2v) is 7.61. The summed E-state index contributed by atoms with van der Waals surface area (Å²) in [6, 6.07) is 7.93. The van der Waals surface area contributed by atoms with Gasteiger partial charge in [-0.25, -0.2) is 0 Å². The summed E-state index contributed by atoms with van der Waals surface area (Å²) in [5, 5.41) is 0. The van der Waals surface area contributed by atoms with Crippen LogP contribution in [0, 0.1) is 11.8 Å². The first kappa shape index (κ1) is 18.2. The van der Waals surface area contributed by atoms with Crippen molar-refractivity contribution in [3.05, 3.63) is 35.4 Å². The minimum absolute atomic E-state index is 0.102. The van der Waals surface area contributed by atoms with Crippen molar-refractivity contribution < 1.29 is 33.2 Å². The van der Waals surface area contributed by atoms with Gasteiger partial charge in [-0.1, -0.05) is 13.8 Å². The molecule has 1 saturated heterocycles. The van der Waals surface area contributed by atoms with Gasteiger partial charge >= 0.3 is 0 Å². The minimum atomic E-state index is -0.102. The fraction of sp³-hybridized carbons (Fsp3) is 0.455. The van der Waals surface area contributed by atoms with Crippen molar-refractivity contribution in [2.75, 3.05) is 27.8 Å². The van der Waals surface area contributed by atoms with Crippen molar-refractivity contribution in [1.29, 1.82) is 0 Å². The van der Waals surface area contributed by atoms with Crippen LogP contribution in [0.1, 0.15) is 37.2 Å². The highest BCUT2D eigenvalue weighted by atomic mass is 16.7. The van der Waals surface area contributed by atoms with E-state index in [1.807, 2.05) is 24.3 Å². The van der Waals surface area contributed by atoms with Crippen LogP contribution in [0.25, 0.3) is 0 Å². The summed E-state index contributed by atoms with van der Waals surface area (Å²) in [5.41, 5.74) is 2.03. The quantitative estimate of drug-likeness (QED) is 0.760. The molecule has 0 radical (unpaired) electrons. The fourth-order valence-corrected chi connectivity index (χ4v) is 4.35. The summed E-state index contributed by atoms with van der Waals surface area (Å²) >= 11 is 0. The predicted molar refractivity (Wildman–Crippen MR) is 103 cm³/mol. The van der Waals surface area contributed by atoms with Crippen molar-refractivity contribution in [3.63, 3.8) is 0 Å². The van der Waals surface area contributed by atoms with Gasteiger partial charge in [-0.05, 0) is 47.2 Å². The number of hydrogen-bond donors (Lipinski definition) is 0. The Balaban J connectivity index is 1.49. The Morgan fingerprint density at radius 2 is 1.14 bits per heavy atom. The molecule has 29 heavy (non-hydrogen) atoms. The maximum absolute atomic E-state index is 6.57. The molecule has 5 rings (SSSR count). The third kappa shape index (κ3) is 2.83. The Morgan fingerprint density at radius 3 is 1.55 bits per heavy atom. The van der Waals surface area contributed by atoms with Gasteiger partial charge in [0.15, 0.2) is 23.0 Å². The van der Waals surface area contributed by atoms with Crippen molar-refractivity contribution >= 4 is 0 Å². The molecular formula is C22H24O7. The summed E-state index contributed by atoms with van der Waals surface area (Å²) in [7, 11) is 3.26. The molecule has 7 nitrogen and oxygen atoms in total. The summed E-state index contributed by atoms with van der Waals surface area (Å²) < 4.78 is 39.8. The van der Waals surface area contributed by atoms with Gasteiger partial charge in [0.25, 0.3) is 0 Å². The van der Waals surface area contributed by atoms with Gasteiger partial charge in [0.1, 0.15) is 0 Å². The predicted octanol–water partition coefficient (Wildman–Crippen LogP) is 4.25. The van der Waals surface area contributed by atoms with Gasteiger partial charge in [0.05, 0.1) is 26.4 Å². The number of ether oxygens (including phenoxy) is 7. The Morgan fingerprint density at radius 1 is 0.690 bits per heavy atom. The van der Waals surface area contributed by atoms with Gasteiger partial charge in [0.2, 0.25) is 25.1 Å². The number of benzene rings is 2. The van der Waals surface area contributed by atoms with Crippen LogP contribution in [0.15, 0.2) is 24.3 Å². The summed E-state index contributed by atoms with van der Waals surface area (Å²) in [6.07, 6.45) is -0.204. The molecule has 0 spiro atoms. The average molecular weight is 400 g/mol. The maximum atomic E-state index is 6.57. The van der Waals surface area contributed by atoms with Gasteiger partial charge < -0.3 is 33.2 Å². The first-order chi connectivity index (χ1) is 14.1. The molecule has 0 amide bonds. The normalized spacial score (nSPS) is 26.6. The summed E-state index contributed by atoms with van der Waals surface area (Å²) in [6.45, 7) is 4.81. The number of methoxy groups -OCH3 is 2. The van der Waals surface area contributed by atoms with E-state index >= 15 is 0 Å². The standard InChI is InChI=1S/C22H24O7/c1-11-12(2)20(14-6-16(24-4)22-18(8-14)26-10-28-22)29-19(11)13-5-15(23-3)21-17(7-13)25-9-27-21/h5-8,11-12,19-20H,9-10H2,1-4H3/t11-,12-,19-,20-/m1/s1. The smallest absolute Gasteiger partial charge is 0.231 e. The van der Waals surface area contributed by atoms with Gasteiger partial charge in [-0.15, -0.1) is 0 Å². The third-order valence-electron chi connectivity index (χ3n) is 6.10. The monoisotopic (exact) mass is 400 g/mol. The number of rotatable bonds is 4. The van der Waals surface area contributed by atoms with Gasteiger partial charge in [-0.2, -0.15) is 0 Å². The first-order valence-electron chi connectivity index (χ1n) is 9.71. The SMILES string of the molecule is COc1cc([C@@H]2O[C@@H](c3cc(OC)c4c(c3)OCO4)[C@H](C)[C@H]2C)cc2c1OCO2. The molecule has 0 unspecified atom stereocenters.